The van der Waals surface area contributed by atoms with Crippen molar-refractivity contribution in [3.05, 3.63) is 32.7 Å². The quantitative estimate of drug-likeness (QED) is 0.898. The molecule has 0 aliphatic rings. The molecule has 78 valence electrons. The summed E-state index contributed by atoms with van der Waals surface area (Å²) in [5.41, 5.74) is 6.88. The second kappa shape index (κ2) is 5.89. The van der Waals surface area contributed by atoms with Gasteiger partial charge in [0.05, 0.1) is 0 Å². The molecule has 3 heteroatoms. The molecule has 1 atom stereocenters. The summed E-state index contributed by atoms with van der Waals surface area (Å²) >= 11 is 7.04. The SMILES string of the molecule is CC(CCN)Cc1cc(Br)ccc1Br. The van der Waals surface area contributed by atoms with Crippen molar-refractivity contribution in [3.63, 3.8) is 0 Å². The fourth-order valence-corrected chi connectivity index (χ4v) is 2.28. The van der Waals surface area contributed by atoms with Gasteiger partial charge in [-0.25, -0.2) is 0 Å². The predicted molar refractivity (Wildman–Crippen MR) is 68.4 cm³/mol. The molecular weight excluding hydrogens is 306 g/mol. The molecule has 0 fully saturated rings. The van der Waals surface area contributed by atoms with Crippen LogP contribution >= 0.6 is 31.9 Å². The zero-order chi connectivity index (χ0) is 10.6. The van der Waals surface area contributed by atoms with Gasteiger partial charge in [0.25, 0.3) is 0 Å². The highest BCUT2D eigenvalue weighted by Crippen LogP contribution is 2.24. The minimum absolute atomic E-state index is 0.644. The number of halogens is 2. The average molecular weight is 321 g/mol. The van der Waals surface area contributed by atoms with Gasteiger partial charge in [-0.2, -0.15) is 0 Å². The molecule has 0 spiro atoms. The van der Waals surface area contributed by atoms with Crippen molar-refractivity contribution in [1.82, 2.24) is 0 Å². The summed E-state index contributed by atoms with van der Waals surface area (Å²) in [4.78, 5) is 0. The maximum Gasteiger partial charge on any atom is 0.0208 e. The molecule has 1 unspecified atom stereocenters. The van der Waals surface area contributed by atoms with Crippen molar-refractivity contribution >= 4 is 31.9 Å². The van der Waals surface area contributed by atoms with E-state index >= 15 is 0 Å². The highest BCUT2D eigenvalue weighted by atomic mass is 79.9. The molecule has 2 N–H and O–H groups in total. The van der Waals surface area contributed by atoms with Gasteiger partial charge in [0.2, 0.25) is 0 Å². The number of benzene rings is 1. The zero-order valence-corrected chi connectivity index (χ0v) is 11.4. The monoisotopic (exact) mass is 319 g/mol. The first kappa shape index (κ1) is 12.2. The molecule has 14 heavy (non-hydrogen) atoms. The average Bonchev–Trinajstić information content (AvgIpc) is 2.12. The zero-order valence-electron chi connectivity index (χ0n) is 8.26. The molecule has 0 aliphatic heterocycles. The minimum atomic E-state index is 0.644. The van der Waals surface area contributed by atoms with E-state index in [1.54, 1.807) is 0 Å². The number of rotatable bonds is 4. The van der Waals surface area contributed by atoms with Crippen LogP contribution in [0, 0.1) is 5.92 Å². The molecule has 0 saturated carbocycles. The van der Waals surface area contributed by atoms with Crippen LogP contribution in [0.5, 0.6) is 0 Å². The van der Waals surface area contributed by atoms with Crippen LogP contribution in [0.1, 0.15) is 18.9 Å². The molecular formula is C11H15Br2N. The molecule has 1 nitrogen and oxygen atoms in total. The van der Waals surface area contributed by atoms with E-state index in [0.717, 1.165) is 23.9 Å². The molecule has 0 saturated heterocycles. The molecule has 0 amide bonds. The second-order valence-electron chi connectivity index (χ2n) is 3.62. The number of hydrogen-bond acceptors (Lipinski definition) is 1. The van der Waals surface area contributed by atoms with E-state index in [-0.39, 0.29) is 0 Å². The highest BCUT2D eigenvalue weighted by Gasteiger charge is 2.06. The lowest BCUT2D eigenvalue weighted by Gasteiger charge is -2.11. The summed E-state index contributed by atoms with van der Waals surface area (Å²) in [6.07, 6.45) is 2.16. The lowest BCUT2D eigenvalue weighted by Crippen LogP contribution is -2.08. The van der Waals surface area contributed by atoms with Crippen molar-refractivity contribution in [2.75, 3.05) is 6.54 Å². The summed E-state index contributed by atoms with van der Waals surface area (Å²) in [7, 11) is 0. The third kappa shape index (κ3) is 3.71. The summed E-state index contributed by atoms with van der Waals surface area (Å²) in [5.74, 6) is 0.644. The van der Waals surface area contributed by atoms with Crippen molar-refractivity contribution in [2.45, 2.75) is 19.8 Å². The minimum Gasteiger partial charge on any atom is -0.330 e. The Kier molecular flexibility index (Phi) is 5.13. The maximum atomic E-state index is 5.53. The fourth-order valence-electron chi connectivity index (χ4n) is 1.46. The van der Waals surface area contributed by atoms with Gasteiger partial charge in [0.1, 0.15) is 0 Å². The summed E-state index contributed by atoms with van der Waals surface area (Å²) < 4.78 is 2.32. The standard InChI is InChI=1S/C11H15Br2N/c1-8(4-5-14)6-9-7-10(12)2-3-11(9)13/h2-3,7-8H,4-6,14H2,1H3. The molecule has 1 aromatic carbocycles. The van der Waals surface area contributed by atoms with Gasteiger partial charge >= 0.3 is 0 Å². The molecule has 0 bridgehead atoms. The van der Waals surface area contributed by atoms with E-state index in [1.165, 1.54) is 10.0 Å². The Labute approximate surface area is 102 Å². The Morgan fingerprint density at radius 3 is 2.71 bits per heavy atom. The van der Waals surface area contributed by atoms with Crippen molar-refractivity contribution < 1.29 is 0 Å². The van der Waals surface area contributed by atoms with E-state index in [2.05, 4.69) is 50.9 Å². The third-order valence-corrected chi connectivity index (χ3v) is 3.50. The van der Waals surface area contributed by atoms with Crippen LogP contribution in [0.25, 0.3) is 0 Å². The van der Waals surface area contributed by atoms with Crippen LogP contribution in [0.2, 0.25) is 0 Å². The maximum absolute atomic E-state index is 5.53. The Morgan fingerprint density at radius 2 is 2.07 bits per heavy atom. The van der Waals surface area contributed by atoms with Gasteiger partial charge in [-0.05, 0) is 49.1 Å². The lowest BCUT2D eigenvalue weighted by atomic mass is 9.98. The van der Waals surface area contributed by atoms with E-state index in [1.807, 2.05) is 6.07 Å². The van der Waals surface area contributed by atoms with Crippen molar-refractivity contribution in [3.8, 4) is 0 Å². The third-order valence-electron chi connectivity index (χ3n) is 2.24. The Balaban J connectivity index is 2.70. The summed E-state index contributed by atoms with van der Waals surface area (Å²) in [5, 5.41) is 0. The van der Waals surface area contributed by atoms with E-state index < -0.39 is 0 Å². The second-order valence-corrected chi connectivity index (χ2v) is 5.39. The largest absolute Gasteiger partial charge is 0.330 e. The Morgan fingerprint density at radius 1 is 1.36 bits per heavy atom. The molecule has 0 aliphatic carbocycles. The van der Waals surface area contributed by atoms with Gasteiger partial charge < -0.3 is 5.73 Å². The van der Waals surface area contributed by atoms with Crippen LogP contribution in [0.4, 0.5) is 0 Å². The van der Waals surface area contributed by atoms with E-state index in [9.17, 15) is 0 Å². The van der Waals surface area contributed by atoms with Gasteiger partial charge in [0, 0.05) is 8.95 Å². The van der Waals surface area contributed by atoms with Crippen LogP contribution in [-0.2, 0) is 6.42 Å². The molecule has 0 heterocycles. The van der Waals surface area contributed by atoms with Gasteiger partial charge in [-0.1, -0.05) is 38.8 Å². The molecule has 0 aromatic heterocycles. The molecule has 1 rings (SSSR count). The molecule has 1 aromatic rings. The van der Waals surface area contributed by atoms with Gasteiger partial charge in [-0.15, -0.1) is 0 Å². The first-order valence-corrected chi connectivity index (χ1v) is 6.36. The summed E-state index contributed by atoms with van der Waals surface area (Å²) in [6.45, 7) is 3.01. The lowest BCUT2D eigenvalue weighted by molar-refractivity contribution is 0.537. The van der Waals surface area contributed by atoms with E-state index in [0.29, 0.717) is 5.92 Å². The fraction of sp³-hybridized carbons (Fsp3) is 0.455. The first-order valence-electron chi connectivity index (χ1n) is 4.77. The Hall–Kier alpha value is 0.140. The normalized spacial score (nSPS) is 12.9. The number of hydrogen-bond donors (Lipinski definition) is 1. The van der Waals surface area contributed by atoms with Crippen molar-refractivity contribution in [2.24, 2.45) is 11.7 Å². The van der Waals surface area contributed by atoms with Gasteiger partial charge in [0.15, 0.2) is 0 Å². The number of nitrogens with two attached hydrogens (primary N) is 1. The van der Waals surface area contributed by atoms with Gasteiger partial charge in [-0.3, -0.25) is 0 Å². The smallest absolute Gasteiger partial charge is 0.0208 e. The van der Waals surface area contributed by atoms with Crippen LogP contribution < -0.4 is 5.73 Å². The first-order chi connectivity index (χ1) is 6.63. The van der Waals surface area contributed by atoms with Crippen LogP contribution in [-0.4, -0.2) is 6.54 Å². The van der Waals surface area contributed by atoms with Crippen LogP contribution in [0.3, 0.4) is 0 Å². The van der Waals surface area contributed by atoms with Crippen molar-refractivity contribution in [1.29, 1.82) is 0 Å². The molecule has 0 radical (unpaired) electrons. The Bertz CT molecular complexity index is 299. The van der Waals surface area contributed by atoms with Crippen LogP contribution in [0.15, 0.2) is 27.1 Å². The highest BCUT2D eigenvalue weighted by molar-refractivity contribution is 9.11. The predicted octanol–water partition coefficient (Wildman–Crippen LogP) is 3.74. The topological polar surface area (TPSA) is 26.0 Å². The summed E-state index contributed by atoms with van der Waals surface area (Å²) in [6, 6.07) is 6.28. The van der Waals surface area contributed by atoms with E-state index in [4.69, 9.17) is 5.73 Å².